The first-order valence-corrected chi connectivity index (χ1v) is 8.32. The van der Waals surface area contributed by atoms with E-state index in [9.17, 15) is 8.78 Å². The van der Waals surface area contributed by atoms with Crippen LogP contribution in [0.15, 0.2) is 42.7 Å². The minimum absolute atomic E-state index is 0.135. The molecule has 0 fully saturated rings. The molecule has 1 N–H and O–H groups in total. The Hall–Kier alpha value is -2.87. The first-order valence-electron chi connectivity index (χ1n) is 7.54. The third-order valence-corrected chi connectivity index (χ3v) is 4.53. The Labute approximate surface area is 146 Å². The molecule has 126 valence electrons. The fourth-order valence-corrected chi connectivity index (χ4v) is 3.21. The van der Waals surface area contributed by atoms with Crippen molar-refractivity contribution in [3.63, 3.8) is 0 Å². The number of halogens is 2. The molecule has 8 heteroatoms. The van der Waals surface area contributed by atoms with Gasteiger partial charge in [0, 0.05) is 23.2 Å². The molecule has 4 rings (SSSR count). The van der Waals surface area contributed by atoms with Crippen LogP contribution in [0.4, 0.5) is 19.6 Å². The van der Waals surface area contributed by atoms with Gasteiger partial charge in [0.05, 0.1) is 24.0 Å². The second-order valence-corrected chi connectivity index (χ2v) is 6.43. The Morgan fingerprint density at radius 2 is 2.04 bits per heavy atom. The molecule has 0 saturated heterocycles. The van der Waals surface area contributed by atoms with E-state index in [0.29, 0.717) is 5.82 Å². The zero-order valence-corrected chi connectivity index (χ0v) is 14.0. The second kappa shape index (κ2) is 6.21. The van der Waals surface area contributed by atoms with Crippen LogP contribution < -0.4 is 5.32 Å². The van der Waals surface area contributed by atoms with E-state index in [-0.39, 0.29) is 12.1 Å². The van der Waals surface area contributed by atoms with Gasteiger partial charge in [-0.3, -0.25) is 4.68 Å². The van der Waals surface area contributed by atoms with Gasteiger partial charge in [-0.05, 0) is 42.7 Å². The smallest absolute Gasteiger partial charge is 0.133 e. The van der Waals surface area contributed by atoms with Gasteiger partial charge in [0.2, 0.25) is 0 Å². The molecule has 5 nitrogen and oxygen atoms in total. The highest BCUT2D eigenvalue weighted by Crippen LogP contribution is 2.23. The summed E-state index contributed by atoms with van der Waals surface area (Å²) in [5.41, 5.74) is 1.96. The third-order valence-electron chi connectivity index (χ3n) is 3.73. The molecule has 1 aromatic carbocycles. The first-order chi connectivity index (χ1) is 12.1. The van der Waals surface area contributed by atoms with Gasteiger partial charge in [0.25, 0.3) is 0 Å². The van der Waals surface area contributed by atoms with E-state index >= 15 is 0 Å². The van der Waals surface area contributed by atoms with E-state index in [1.54, 1.807) is 17.1 Å². The van der Waals surface area contributed by atoms with Crippen molar-refractivity contribution in [2.24, 2.45) is 0 Å². The summed E-state index contributed by atoms with van der Waals surface area (Å²) in [5.74, 6) is -0.298. The summed E-state index contributed by atoms with van der Waals surface area (Å²) in [6.07, 6.45) is 3.34. The van der Waals surface area contributed by atoms with Crippen molar-refractivity contribution in [2.45, 2.75) is 13.5 Å². The predicted octanol–water partition coefficient (Wildman–Crippen LogP) is 4.27. The first kappa shape index (κ1) is 15.6. The fraction of sp³-hybridized carbons (Fsp3) is 0.118. The summed E-state index contributed by atoms with van der Waals surface area (Å²) in [6, 6.07) is 7.16. The number of aryl methyl sites for hydroxylation is 1. The summed E-state index contributed by atoms with van der Waals surface area (Å²) in [6.45, 7) is 2.05. The van der Waals surface area contributed by atoms with E-state index in [0.717, 1.165) is 33.7 Å². The highest BCUT2D eigenvalue weighted by atomic mass is 32.1. The summed E-state index contributed by atoms with van der Waals surface area (Å²) >= 11 is 1.35. The molecule has 0 spiro atoms. The van der Waals surface area contributed by atoms with E-state index in [1.165, 1.54) is 17.6 Å². The molecule has 0 radical (unpaired) electrons. The Morgan fingerprint density at radius 3 is 2.84 bits per heavy atom. The van der Waals surface area contributed by atoms with Crippen molar-refractivity contribution in [3.05, 3.63) is 65.6 Å². The lowest BCUT2D eigenvalue weighted by atomic mass is 10.2. The van der Waals surface area contributed by atoms with Gasteiger partial charge in [-0.15, -0.1) is 0 Å². The number of pyridine rings is 1. The maximum Gasteiger partial charge on any atom is 0.133 e. The standard InChI is InChI=1S/C17H13F2N5S/c1-10-4-17(25-23-10)22-16-6-15-12(7-20-16)8-21-24(15)9-11-5-13(18)2-3-14(11)19/h2-8H,9H2,1H3,(H,20,22). The predicted molar refractivity (Wildman–Crippen MR) is 93.1 cm³/mol. The number of anilines is 2. The quantitative estimate of drug-likeness (QED) is 0.593. The van der Waals surface area contributed by atoms with E-state index in [4.69, 9.17) is 0 Å². The van der Waals surface area contributed by atoms with Gasteiger partial charge in [0.1, 0.15) is 22.5 Å². The van der Waals surface area contributed by atoms with Crippen molar-refractivity contribution < 1.29 is 8.78 Å². The summed E-state index contributed by atoms with van der Waals surface area (Å²) < 4.78 is 33.1. The summed E-state index contributed by atoms with van der Waals surface area (Å²) in [7, 11) is 0. The monoisotopic (exact) mass is 357 g/mol. The molecular weight excluding hydrogens is 344 g/mol. The average Bonchev–Trinajstić information content (AvgIpc) is 3.17. The van der Waals surface area contributed by atoms with Gasteiger partial charge < -0.3 is 5.32 Å². The van der Waals surface area contributed by atoms with Gasteiger partial charge in [-0.25, -0.2) is 13.8 Å². The fourth-order valence-electron chi connectivity index (χ4n) is 2.54. The van der Waals surface area contributed by atoms with Crippen molar-refractivity contribution in [1.29, 1.82) is 0 Å². The zero-order chi connectivity index (χ0) is 17.4. The van der Waals surface area contributed by atoms with Gasteiger partial charge in [0.15, 0.2) is 0 Å². The van der Waals surface area contributed by atoms with Crippen LogP contribution in [0.1, 0.15) is 11.3 Å². The average molecular weight is 357 g/mol. The van der Waals surface area contributed by atoms with Crippen molar-refractivity contribution in [2.75, 3.05) is 5.32 Å². The van der Waals surface area contributed by atoms with E-state index in [2.05, 4.69) is 19.8 Å². The van der Waals surface area contributed by atoms with E-state index in [1.807, 2.05) is 19.1 Å². The van der Waals surface area contributed by atoms with Crippen LogP contribution in [-0.4, -0.2) is 19.1 Å². The molecule has 0 unspecified atom stereocenters. The number of nitrogens with zero attached hydrogens (tertiary/aromatic N) is 4. The van der Waals surface area contributed by atoms with Crippen LogP contribution >= 0.6 is 11.5 Å². The van der Waals surface area contributed by atoms with Gasteiger partial charge in [-0.1, -0.05) is 0 Å². The molecule has 0 bridgehead atoms. The Bertz CT molecular complexity index is 1060. The number of rotatable bonds is 4. The van der Waals surface area contributed by atoms with Crippen LogP contribution in [0.5, 0.6) is 0 Å². The largest absolute Gasteiger partial charge is 0.331 e. The number of fused-ring (bicyclic) bond motifs is 1. The molecule has 4 aromatic rings. The Balaban J connectivity index is 1.67. The minimum atomic E-state index is -0.475. The highest BCUT2D eigenvalue weighted by molar-refractivity contribution is 7.10. The molecule has 0 saturated carbocycles. The van der Waals surface area contributed by atoms with Crippen LogP contribution in [0.3, 0.4) is 0 Å². The molecule has 0 aliphatic rings. The SMILES string of the molecule is Cc1cc(Nc2cc3c(cn2)cnn3Cc2cc(F)ccc2F)sn1. The van der Waals surface area contributed by atoms with Crippen LogP contribution in [0.2, 0.25) is 0 Å². The molecule has 0 aliphatic carbocycles. The van der Waals surface area contributed by atoms with Gasteiger partial charge in [-0.2, -0.15) is 9.47 Å². The second-order valence-electron chi connectivity index (χ2n) is 5.62. The Morgan fingerprint density at radius 1 is 1.16 bits per heavy atom. The topological polar surface area (TPSA) is 55.6 Å². The Kier molecular flexibility index (Phi) is 3.89. The molecule has 0 aliphatic heterocycles. The number of benzene rings is 1. The normalized spacial score (nSPS) is 11.2. The van der Waals surface area contributed by atoms with Gasteiger partial charge >= 0.3 is 0 Å². The lowest BCUT2D eigenvalue weighted by molar-refractivity contribution is 0.570. The highest BCUT2D eigenvalue weighted by Gasteiger charge is 2.10. The zero-order valence-electron chi connectivity index (χ0n) is 13.2. The maximum atomic E-state index is 13.9. The number of hydrogen-bond acceptors (Lipinski definition) is 5. The number of nitrogens with one attached hydrogen (secondary N) is 1. The van der Waals surface area contributed by atoms with Crippen LogP contribution in [0, 0.1) is 18.6 Å². The van der Waals surface area contributed by atoms with Crippen LogP contribution in [-0.2, 0) is 6.54 Å². The summed E-state index contributed by atoms with van der Waals surface area (Å²) in [4.78, 5) is 4.34. The molecule has 3 heterocycles. The molecular formula is C17H13F2N5S. The number of hydrogen-bond donors (Lipinski definition) is 1. The molecule has 25 heavy (non-hydrogen) atoms. The van der Waals surface area contributed by atoms with Crippen molar-refractivity contribution in [3.8, 4) is 0 Å². The molecule has 0 amide bonds. The van der Waals surface area contributed by atoms with Crippen LogP contribution in [0.25, 0.3) is 10.9 Å². The molecule has 3 aromatic heterocycles. The minimum Gasteiger partial charge on any atom is -0.331 e. The maximum absolute atomic E-state index is 13.9. The van der Waals surface area contributed by atoms with E-state index < -0.39 is 11.6 Å². The third kappa shape index (κ3) is 3.20. The number of aromatic nitrogens is 4. The lowest BCUT2D eigenvalue weighted by Gasteiger charge is -2.07. The molecule has 0 atom stereocenters. The lowest BCUT2D eigenvalue weighted by Crippen LogP contribution is -2.04. The van der Waals surface area contributed by atoms with Crippen molar-refractivity contribution in [1.82, 2.24) is 19.1 Å². The van der Waals surface area contributed by atoms with Crippen molar-refractivity contribution >= 4 is 33.3 Å². The summed E-state index contributed by atoms with van der Waals surface area (Å²) in [5, 5.41) is 9.15.